The molecular formula is C17H25NO4. The molecule has 1 N–H and O–H groups in total. The van der Waals surface area contributed by atoms with Crippen LogP contribution >= 0.6 is 0 Å². The Morgan fingerprint density at radius 2 is 2.27 bits per heavy atom. The molecule has 0 unspecified atom stereocenters. The number of piperidine rings is 2. The standard InChI is InChI=1S/C17H25NO4/c1-9-7-16-10-4-3-5-18(16)8-13-14(22-13)17(9,16)11(6-12(10)19)15(20)21-2/h9-14,19H,3-8H2,1-2H3/t9-,10-,11+,12-,13-,14-,16+,17+/m1/s1. The average Bonchev–Trinajstić information content (AvgIpc) is 3.26. The summed E-state index contributed by atoms with van der Waals surface area (Å²) in [7, 11) is 1.47. The quantitative estimate of drug-likeness (QED) is 0.573. The summed E-state index contributed by atoms with van der Waals surface area (Å²) in [6.45, 7) is 4.33. The number of esters is 1. The van der Waals surface area contributed by atoms with Gasteiger partial charge in [0.1, 0.15) is 0 Å². The Hall–Kier alpha value is -0.650. The fourth-order valence-corrected chi connectivity index (χ4v) is 7.25. The first-order valence-corrected chi connectivity index (χ1v) is 8.73. The van der Waals surface area contributed by atoms with Crippen molar-refractivity contribution >= 4 is 5.97 Å². The lowest BCUT2D eigenvalue weighted by Crippen LogP contribution is -2.85. The lowest BCUT2D eigenvalue weighted by molar-refractivity contribution is -0.294. The van der Waals surface area contributed by atoms with Crippen molar-refractivity contribution in [2.45, 2.75) is 56.5 Å². The van der Waals surface area contributed by atoms with Crippen molar-refractivity contribution in [1.82, 2.24) is 4.90 Å². The number of aliphatic hydroxyl groups is 1. The maximum atomic E-state index is 12.6. The lowest BCUT2D eigenvalue weighted by atomic mass is 9.33. The molecule has 8 atom stereocenters. The molecule has 0 amide bonds. The van der Waals surface area contributed by atoms with E-state index in [-0.39, 0.29) is 41.2 Å². The van der Waals surface area contributed by atoms with Gasteiger partial charge < -0.3 is 14.6 Å². The highest BCUT2D eigenvalue weighted by Gasteiger charge is 2.84. The zero-order chi connectivity index (χ0) is 15.3. The SMILES string of the molecule is COC(=O)[C@@H]1C[C@@H](O)[C@H]2CCCN3C[C@H]4O[C@H]4[C@]14[C@H](C)C[C@@]234. The van der Waals surface area contributed by atoms with E-state index < -0.39 is 0 Å². The van der Waals surface area contributed by atoms with E-state index in [2.05, 4.69) is 11.8 Å². The summed E-state index contributed by atoms with van der Waals surface area (Å²) >= 11 is 0. The summed E-state index contributed by atoms with van der Waals surface area (Å²) in [5.74, 6) is 0.388. The Morgan fingerprint density at radius 3 is 3.00 bits per heavy atom. The molecule has 0 aromatic carbocycles. The van der Waals surface area contributed by atoms with Gasteiger partial charge in [0.25, 0.3) is 0 Å². The number of hydrogen-bond acceptors (Lipinski definition) is 5. The predicted octanol–water partition coefficient (Wildman–Crippen LogP) is 0.798. The van der Waals surface area contributed by atoms with Crippen molar-refractivity contribution in [1.29, 1.82) is 0 Å². The first-order valence-electron chi connectivity index (χ1n) is 8.73. The van der Waals surface area contributed by atoms with E-state index in [0.717, 1.165) is 32.4 Å². The van der Waals surface area contributed by atoms with Crippen LogP contribution in [0.4, 0.5) is 0 Å². The highest BCUT2D eigenvalue weighted by Crippen LogP contribution is 2.76. The fourth-order valence-electron chi connectivity index (χ4n) is 7.25. The zero-order valence-corrected chi connectivity index (χ0v) is 13.3. The number of aliphatic hydroxyl groups excluding tert-OH is 1. The minimum Gasteiger partial charge on any atom is -0.469 e. The van der Waals surface area contributed by atoms with Crippen LogP contribution in [0.15, 0.2) is 0 Å². The third kappa shape index (κ3) is 1.21. The summed E-state index contributed by atoms with van der Waals surface area (Å²) in [6.07, 6.45) is 3.97. The number of rotatable bonds is 1. The summed E-state index contributed by atoms with van der Waals surface area (Å²) in [4.78, 5) is 15.1. The molecule has 3 saturated heterocycles. The van der Waals surface area contributed by atoms with Gasteiger partial charge in [-0.25, -0.2) is 0 Å². The first kappa shape index (κ1) is 13.8. The van der Waals surface area contributed by atoms with Gasteiger partial charge in [0.2, 0.25) is 0 Å². The highest BCUT2D eigenvalue weighted by molar-refractivity contribution is 5.75. The molecule has 0 bridgehead atoms. The molecule has 22 heavy (non-hydrogen) atoms. The van der Waals surface area contributed by atoms with Crippen molar-refractivity contribution in [3.63, 3.8) is 0 Å². The third-order valence-electron chi connectivity index (χ3n) is 7.76. The lowest BCUT2D eigenvalue weighted by Gasteiger charge is -2.77. The van der Waals surface area contributed by atoms with Crippen LogP contribution in [0.1, 0.15) is 32.6 Å². The summed E-state index contributed by atoms with van der Waals surface area (Å²) < 4.78 is 11.2. The monoisotopic (exact) mass is 307 g/mol. The van der Waals surface area contributed by atoms with Gasteiger partial charge in [0.05, 0.1) is 31.3 Å². The van der Waals surface area contributed by atoms with E-state index in [1.54, 1.807) is 0 Å². The first-order chi connectivity index (χ1) is 10.6. The molecule has 0 radical (unpaired) electrons. The van der Waals surface area contributed by atoms with Crippen LogP contribution in [-0.2, 0) is 14.3 Å². The largest absolute Gasteiger partial charge is 0.469 e. The molecule has 5 rings (SSSR count). The normalized spacial score (nSPS) is 58.7. The Bertz CT molecular complexity index is 539. The molecule has 2 aliphatic carbocycles. The topological polar surface area (TPSA) is 62.3 Å². The average molecular weight is 307 g/mol. The maximum Gasteiger partial charge on any atom is 0.309 e. The van der Waals surface area contributed by atoms with Gasteiger partial charge in [-0.1, -0.05) is 6.92 Å². The number of ether oxygens (including phenoxy) is 2. The second-order valence-corrected chi connectivity index (χ2v) is 8.13. The molecular weight excluding hydrogens is 282 g/mol. The summed E-state index contributed by atoms with van der Waals surface area (Å²) in [6, 6.07) is 0. The minimum absolute atomic E-state index is 0.0289. The van der Waals surface area contributed by atoms with Crippen molar-refractivity contribution in [2.24, 2.45) is 23.2 Å². The molecule has 5 aliphatic rings. The number of nitrogens with zero attached hydrogens (tertiary/aromatic N) is 1. The van der Waals surface area contributed by atoms with E-state index in [0.29, 0.717) is 18.3 Å². The molecule has 3 heterocycles. The molecule has 122 valence electrons. The van der Waals surface area contributed by atoms with Gasteiger partial charge in [0.15, 0.2) is 0 Å². The molecule has 0 aromatic rings. The summed E-state index contributed by atoms with van der Waals surface area (Å²) in [5, 5.41) is 10.8. The van der Waals surface area contributed by atoms with E-state index in [9.17, 15) is 9.90 Å². The molecule has 3 aliphatic heterocycles. The van der Waals surface area contributed by atoms with Gasteiger partial charge in [-0.2, -0.15) is 0 Å². The van der Waals surface area contributed by atoms with Gasteiger partial charge in [-0.05, 0) is 38.1 Å². The Kier molecular flexibility index (Phi) is 2.54. The number of epoxide rings is 1. The zero-order valence-electron chi connectivity index (χ0n) is 13.3. The van der Waals surface area contributed by atoms with Crippen LogP contribution in [0.2, 0.25) is 0 Å². The Labute approximate surface area is 130 Å². The van der Waals surface area contributed by atoms with E-state index in [1.165, 1.54) is 7.11 Å². The Morgan fingerprint density at radius 1 is 1.45 bits per heavy atom. The second-order valence-electron chi connectivity index (χ2n) is 8.13. The smallest absolute Gasteiger partial charge is 0.309 e. The molecule has 2 saturated carbocycles. The van der Waals surface area contributed by atoms with Gasteiger partial charge in [-0.3, -0.25) is 9.69 Å². The molecule has 5 fully saturated rings. The van der Waals surface area contributed by atoms with E-state index in [4.69, 9.17) is 9.47 Å². The van der Waals surface area contributed by atoms with Crippen molar-refractivity contribution < 1.29 is 19.4 Å². The van der Waals surface area contributed by atoms with Crippen LogP contribution in [0, 0.1) is 23.2 Å². The van der Waals surface area contributed by atoms with Gasteiger partial charge in [0, 0.05) is 23.4 Å². The van der Waals surface area contributed by atoms with Gasteiger partial charge in [-0.15, -0.1) is 0 Å². The number of hydrogen-bond donors (Lipinski definition) is 1. The highest BCUT2D eigenvalue weighted by atomic mass is 16.6. The van der Waals surface area contributed by atoms with Gasteiger partial charge >= 0.3 is 5.97 Å². The van der Waals surface area contributed by atoms with Crippen LogP contribution < -0.4 is 0 Å². The molecule has 0 aromatic heterocycles. The van der Waals surface area contributed by atoms with E-state index >= 15 is 0 Å². The Balaban J connectivity index is 1.69. The number of carbonyl (C=O) groups excluding carboxylic acids is 1. The van der Waals surface area contributed by atoms with Crippen molar-refractivity contribution in [2.75, 3.05) is 20.2 Å². The van der Waals surface area contributed by atoms with Crippen molar-refractivity contribution in [3.8, 4) is 0 Å². The minimum atomic E-state index is -0.386. The van der Waals surface area contributed by atoms with Crippen molar-refractivity contribution in [3.05, 3.63) is 0 Å². The fraction of sp³-hybridized carbons (Fsp3) is 0.941. The predicted molar refractivity (Wildman–Crippen MR) is 78.0 cm³/mol. The third-order valence-corrected chi connectivity index (χ3v) is 7.76. The summed E-state index contributed by atoms with van der Waals surface area (Å²) in [5.41, 5.74) is -0.161. The number of fused-ring (bicyclic) bond motifs is 1. The second kappa shape index (κ2) is 4.05. The number of carbonyl (C=O) groups is 1. The van der Waals surface area contributed by atoms with Crippen LogP contribution in [0.5, 0.6) is 0 Å². The van der Waals surface area contributed by atoms with Crippen LogP contribution in [0.25, 0.3) is 0 Å². The van der Waals surface area contributed by atoms with E-state index in [1.807, 2.05) is 0 Å². The maximum absolute atomic E-state index is 12.6. The molecule has 5 heteroatoms. The van der Waals surface area contributed by atoms with Crippen LogP contribution in [-0.4, -0.2) is 60.0 Å². The molecule has 5 nitrogen and oxygen atoms in total. The number of methoxy groups -OCH3 is 1. The van der Waals surface area contributed by atoms with Crippen LogP contribution in [0.3, 0.4) is 0 Å². The molecule has 1 spiro atoms.